The van der Waals surface area contributed by atoms with E-state index in [9.17, 15) is 4.79 Å². The second-order valence-electron chi connectivity index (χ2n) is 6.41. The molecule has 4 rings (SSSR count). The Bertz CT molecular complexity index is 754. The Morgan fingerprint density at radius 2 is 2.00 bits per heavy atom. The van der Waals surface area contributed by atoms with Crippen LogP contribution in [0.4, 0.5) is 0 Å². The molecule has 0 bridgehead atoms. The highest BCUT2D eigenvalue weighted by Gasteiger charge is 2.30. The molecule has 0 N–H and O–H groups in total. The van der Waals surface area contributed by atoms with Crippen molar-refractivity contribution >= 4 is 5.91 Å². The van der Waals surface area contributed by atoms with Gasteiger partial charge in [0.2, 0.25) is 0 Å². The second-order valence-corrected chi connectivity index (χ2v) is 6.41. The third kappa shape index (κ3) is 2.83. The molecule has 0 aromatic carbocycles. The van der Waals surface area contributed by atoms with Crippen LogP contribution in [0.2, 0.25) is 0 Å². The maximum absolute atomic E-state index is 12.7. The van der Waals surface area contributed by atoms with Crippen molar-refractivity contribution in [2.24, 2.45) is 0 Å². The number of rotatable bonds is 2. The Kier molecular flexibility index (Phi) is 3.56. The number of hydrogen-bond donors (Lipinski definition) is 0. The average Bonchev–Trinajstić information content (AvgIpc) is 3.40. The van der Waals surface area contributed by atoms with E-state index in [0.29, 0.717) is 24.7 Å². The predicted molar refractivity (Wildman–Crippen MR) is 86.3 cm³/mol. The van der Waals surface area contributed by atoms with Crippen LogP contribution in [0, 0.1) is 6.92 Å². The zero-order chi connectivity index (χ0) is 15.8. The first kappa shape index (κ1) is 14.3. The third-order valence-corrected chi connectivity index (χ3v) is 4.68. The average molecular weight is 308 g/mol. The Morgan fingerprint density at radius 1 is 1.17 bits per heavy atom. The minimum absolute atomic E-state index is 0.0161. The number of aromatic nitrogens is 3. The third-order valence-electron chi connectivity index (χ3n) is 4.68. The van der Waals surface area contributed by atoms with Crippen LogP contribution >= 0.6 is 0 Å². The topological polar surface area (TPSA) is 59.0 Å². The molecule has 0 saturated heterocycles. The molecule has 23 heavy (non-hydrogen) atoms. The number of carbonyl (C=O) groups excluding carboxylic acids is 1. The number of carbonyl (C=O) groups is 1. The predicted octanol–water partition coefficient (Wildman–Crippen LogP) is 2.30. The lowest BCUT2D eigenvalue weighted by molar-refractivity contribution is 0.0757. The lowest BCUT2D eigenvalue weighted by Crippen LogP contribution is -2.34. The lowest BCUT2D eigenvalue weighted by Gasteiger charge is -2.19. The van der Waals surface area contributed by atoms with Crippen LogP contribution in [0.3, 0.4) is 0 Å². The highest BCUT2D eigenvalue weighted by atomic mass is 16.2. The molecular formula is C18H20N4O. The zero-order valence-corrected chi connectivity index (χ0v) is 13.3. The van der Waals surface area contributed by atoms with E-state index in [1.54, 1.807) is 12.4 Å². The van der Waals surface area contributed by atoms with Gasteiger partial charge in [0.05, 0.1) is 5.69 Å². The summed E-state index contributed by atoms with van der Waals surface area (Å²) < 4.78 is 0. The SMILES string of the molecule is Cc1cccc(C(=O)N2CCc3ncnc(C4CC4)c3CC2)n1. The van der Waals surface area contributed by atoms with Gasteiger partial charge in [-0.3, -0.25) is 4.79 Å². The Balaban J connectivity index is 1.56. The lowest BCUT2D eigenvalue weighted by atomic mass is 10.0. The monoisotopic (exact) mass is 308 g/mol. The highest BCUT2D eigenvalue weighted by Crippen LogP contribution is 2.41. The van der Waals surface area contributed by atoms with Crippen LogP contribution in [0.15, 0.2) is 24.5 Å². The summed E-state index contributed by atoms with van der Waals surface area (Å²) in [6.07, 6.45) is 5.80. The summed E-state index contributed by atoms with van der Waals surface area (Å²) in [5, 5.41) is 0. The summed E-state index contributed by atoms with van der Waals surface area (Å²) in [5.74, 6) is 0.634. The number of pyridine rings is 1. The highest BCUT2D eigenvalue weighted by molar-refractivity contribution is 5.92. The van der Waals surface area contributed by atoms with Gasteiger partial charge in [-0.2, -0.15) is 0 Å². The van der Waals surface area contributed by atoms with Crippen LogP contribution in [-0.2, 0) is 12.8 Å². The Morgan fingerprint density at radius 3 is 2.78 bits per heavy atom. The van der Waals surface area contributed by atoms with Gasteiger partial charge < -0.3 is 4.90 Å². The maximum atomic E-state index is 12.7. The molecule has 1 saturated carbocycles. The normalized spacial score (nSPS) is 17.5. The zero-order valence-electron chi connectivity index (χ0n) is 13.3. The molecule has 1 amide bonds. The first-order valence-electron chi connectivity index (χ1n) is 8.28. The molecule has 5 heteroatoms. The van der Waals surface area contributed by atoms with Crippen LogP contribution in [0.1, 0.15) is 51.9 Å². The summed E-state index contributed by atoms with van der Waals surface area (Å²) in [6.45, 7) is 3.32. The fraction of sp³-hybridized carbons (Fsp3) is 0.444. The van der Waals surface area contributed by atoms with E-state index < -0.39 is 0 Å². The van der Waals surface area contributed by atoms with Crippen LogP contribution in [0.25, 0.3) is 0 Å². The van der Waals surface area contributed by atoms with Gasteiger partial charge in [0.1, 0.15) is 12.0 Å². The Hall–Kier alpha value is -2.30. The standard InChI is InChI=1S/C18H20N4O/c1-12-3-2-4-16(21-12)18(23)22-9-7-14-15(8-10-22)19-11-20-17(14)13-5-6-13/h2-4,11,13H,5-10H2,1H3. The summed E-state index contributed by atoms with van der Waals surface area (Å²) >= 11 is 0. The molecule has 0 unspecified atom stereocenters. The van der Waals surface area contributed by atoms with E-state index in [1.807, 2.05) is 24.0 Å². The number of hydrogen-bond acceptors (Lipinski definition) is 4. The van der Waals surface area contributed by atoms with Crippen molar-refractivity contribution < 1.29 is 4.79 Å². The molecular weight excluding hydrogens is 288 g/mol. The first-order valence-corrected chi connectivity index (χ1v) is 8.28. The van der Waals surface area contributed by atoms with Gasteiger partial charge in [0.15, 0.2) is 0 Å². The van der Waals surface area contributed by atoms with Crippen molar-refractivity contribution in [3.8, 4) is 0 Å². The van der Waals surface area contributed by atoms with Gasteiger partial charge in [0.25, 0.3) is 5.91 Å². The summed E-state index contributed by atoms with van der Waals surface area (Å²) in [6, 6.07) is 5.59. The second kappa shape index (κ2) is 5.72. The quantitative estimate of drug-likeness (QED) is 0.854. The van der Waals surface area contributed by atoms with Crippen molar-refractivity contribution in [1.29, 1.82) is 0 Å². The molecule has 3 heterocycles. The van der Waals surface area contributed by atoms with Crippen molar-refractivity contribution in [2.75, 3.05) is 13.1 Å². The number of aryl methyl sites for hydroxylation is 1. The minimum atomic E-state index is 0.0161. The molecule has 0 spiro atoms. The molecule has 2 aromatic heterocycles. The first-order chi connectivity index (χ1) is 11.2. The van der Waals surface area contributed by atoms with E-state index >= 15 is 0 Å². The molecule has 5 nitrogen and oxygen atoms in total. The van der Waals surface area contributed by atoms with Crippen LogP contribution in [0.5, 0.6) is 0 Å². The number of nitrogens with zero attached hydrogens (tertiary/aromatic N) is 4. The number of fused-ring (bicyclic) bond motifs is 1. The van der Waals surface area contributed by atoms with Crippen LogP contribution in [-0.4, -0.2) is 38.8 Å². The smallest absolute Gasteiger partial charge is 0.272 e. The summed E-state index contributed by atoms with van der Waals surface area (Å²) in [4.78, 5) is 28.0. The minimum Gasteiger partial charge on any atom is -0.337 e. The van der Waals surface area contributed by atoms with E-state index in [4.69, 9.17) is 0 Å². The van der Waals surface area contributed by atoms with Crippen molar-refractivity contribution in [1.82, 2.24) is 19.9 Å². The fourth-order valence-electron chi connectivity index (χ4n) is 3.29. The van der Waals surface area contributed by atoms with Gasteiger partial charge in [-0.1, -0.05) is 6.07 Å². The van der Waals surface area contributed by atoms with Gasteiger partial charge in [-0.25, -0.2) is 15.0 Å². The molecule has 0 radical (unpaired) electrons. The molecule has 0 atom stereocenters. The van der Waals surface area contributed by atoms with Crippen molar-refractivity contribution in [3.05, 3.63) is 52.9 Å². The molecule has 118 valence electrons. The molecule has 1 fully saturated rings. The number of amides is 1. The largest absolute Gasteiger partial charge is 0.337 e. The molecule has 2 aliphatic rings. The van der Waals surface area contributed by atoms with Gasteiger partial charge in [0, 0.05) is 36.8 Å². The summed E-state index contributed by atoms with van der Waals surface area (Å²) in [5.41, 5.74) is 5.02. The van der Waals surface area contributed by atoms with E-state index in [-0.39, 0.29) is 5.91 Å². The maximum Gasteiger partial charge on any atom is 0.272 e. The van der Waals surface area contributed by atoms with E-state index in [1.165, 1.54) is 24.1 Å². The Labute approximate surface area is 135 Å². The van der Waals surface area contributed by atoms with Gasteiger partial charge in [-0.05, 0) is 43.9 Å². The molecule has 2 aromatic rings. The molecule has 1 aliphatic heterocycles. The fourth-order valence-corrected chi connectivity index (χ4v) is 3.29. The van der Waals surface area contributed by atoms with Gasteiger partial charge >= 0.3 is 0 Å². The van der Waals surface area contributed by atoms with Crippen molar-refractivity contribution in [3.63, 3.8) is 0 Å². The molecule has 1 aliphatic carbocycles. The van der Waals surface area contributed by atoms with Crippen molar-refractivity contribution in [2.45, 2.75) is 38.5 Å². The summed E-state index contributed by atoms with van der Waals surface area (Å²) in [7, 11) is 0. The van der Waals surface area contributed by atoms with Gasteiger partial charge in [-0.15, -0.1) is 0 Å². The van der Waals surface area contributed by atoms with Crippen LogP contribution < -0.4 is 0 Å². The van der Waals surface area contributed by atoms with E-state index in [2.05, 4.69) is 15.0 Å². The van der Waals surface area contributed by atoms with E-state index in [0.717, 1.165) is 24.2 Å².